The van der Waals surface area contributed by atoms with Gasteiger partial charge >= 0.3 is 0 Å². The summed E-state index contributed by atoms with van der Waals surface area (Å²) in [6, 6.07) is 55.5. The van der Waals surface area contributed by atoms with E-state index < -0.39 is 0 Å². The van der Waals surface area contributed by atoms with Gasteiger partial charge in [0.1, 0.15) is 0 Å². The Morgan fingerprint density at radius 3 is 1.98 bits per heavy atom. The molecule has 0 atom stereocenters. The van der Waals surface area contributed by atoms with Gasteiger partial charge in [0.15, 0.2) is 0 Å². The van der Waals surface area contributed by atoms with Gasteiger partial charge in [0.25, 0.3) is 0 Å². The fraction of sp³-hybridized carbons (Fsp3) is 0.0698. The number of anilines is 3. The predicted octanol–water partition coefficient (Wildman–Crippen LogP) is 12.9. The molecule has 0 fully saturated rings. The molecule has 7 aromatic rings. The van der Waals surface area contributed by atoms with Crippen molar-refractivity contribution in [1.29, 1.82) is 0 Å². The lowest BCUT2D eigenvalue weighted by Crippen LogP contribution is -2.17. The van der Waals surface area contributed by atoms with Crippen molar-refractivity contribution in [3.8, 4) is 22.3 Å². The van der Waals surface area contributed by atoms with Crippen LogP contribution in [0.5, 0.6) is 0 Å². The van der Waals surface area contributed by atoms with E-state index in [4.69, 9.17) is 0 Å². The molecule has 0 bridgehead atoms. The maximum atomic E-state index is 2.44. The fourth-order valence-electron chi connectivity index (χ4n) is 7.26. The molecule has 0 amide bonds. The maximum Gasteiger partial charge on any atom is 0.0540 e. The van der Waals surface area contributed by atoms with Crippen molar-refractivity contribution in [3.05, 3.63) is 163 Å². The van der Waals surface area contributed by atoms with Crippen molar-refractivity contribution < 1.29 is 0 Å². The molecule has 0 saturated heterocycles. The summed E-state index contributed by atoms with van der Waals surface area (Å²) in [6.45, 7) is 4.80. The molecule has 3 heteroatoms. The number of hydrogen-bond donors (Lipinski definition) is 0. The minimum absolute atomic E-state index is 0.0930. The Kier molecular flexibility index (Phi) is 6.41. The van der Waals surface area contributed by atoms with Gasteiger partial charge in [-0.1, -0.05) is 134 Å². The minimum atomic E-state index is -0.0930. The van der Waals surface area contributed by atoms with Crippen LogP contribution in [-0.4, -0.2) is 0 Å². The van der Waals surface area contributed by atoms with E-state index in [2.05, 4.69) is 170 Å². The van der Waals surface area contributed by atoms with E-state index in [9.17, 15) is 0 Å². The Labute approximate surface area is 278 Å². The first-order chi connectivity index (χ1) is 22.6. The van der Waals surface area contributed by atoms with Crippen LogP contribution >= 0.6 is 23.5 Å². The molecule has 7 aromatic carbocycles. The third kappa shape index (κ3) is 4.34. The summed E-state index contributed by atoms with van der Waals surface area (Å²) >= 11 is 3.84. The molecule has 46 heavy (non-hydrogen) atoms. The van der Waals surface area contributed by atoms with Crippen LogP contribution in [0.25, 0.3) is 33.0 Å². The highest BCUT2D eigenvalue weighted by Gasteiger charge is 2.39. The van der Waals surface area contributed by atoms with Gasteiger partial charge in [-0.15, -0.1) is 0 Å². The second kappa shape index (κ2) is 10.7. The fourth-order valence-corrected chi connectivity index (χ4v) is 9.81. The number of rotatable bonds is 4. The summed E-state index contributed by atoms with van der Waals surface area (Å²) in [6.07, 6.45) is 0. The quantitative estimate of drug-likeness (QED) is 0.192. The molecule has 0 aromatic heterocycles. The molecule has 1 nitrogen and oxygen atoms in total. The number of benzene rings is 7. The lowest BCUT2D eigenvalue weighted by atomic mass is 9.81. The van der Waals surface area contributed by atoms with Gasteiger partial charge in [-0.2, -0.15) is 0 Å². The molecular formula is C43H31NS2. The third-order valence-corrected chi connectivity index (χ3v) is 12.1. The van der Waals surface area contributed by atoms with Crippen LogP contribution in [0, 0.1) is 0 Å². The zero-order valence-corrected chi connectivity index (χ0v) is 27.3. The third-order valence-electron chi connectivity index (χ3n) is 9.49. The average molecular weight is 626 g/mol. The van der Waals surface area contributed by atoms with Crippen LogP contribution in [0.2, 0.25) is 0 Å². The van der Waals surface area contributed by atoms with Crippen molar-refractivity contribution in [2.75, 3.05) is 4.90 Å². The Hall–Kier alpha value is -4.70. The Balaban J connectivity index is 1.10. The van der Waals surface area contributed by atoms with E-state index in [-0.39, 0.29) is 5.41 Å². The Bertz CT molecular complexity index is 2280. The highest BCUT2D eigenvalue weighted by Crippen LogP contribution is 2.58. The molecule has 9 rings (SSSR count). The van der Waals surface area contributed by atoms with Gasteiger partial charge < -0.3 is 4.90 Å². The highest BCUT2D eigenvalue weighted by atomic mass is 32.2. The maximum absolute atomic E-state index is 2.44. The van der Waals surface area contributed by atoms with Crippen LogP contribution in [0.15, 0.2) is 171 Å². The number of nitrogens with zero attached hydrogens (tertiary/aromatic N) is 1. The summed E-state index contributed by atoms with van der Waals surface area (Å²) < 4.78 is 0. The van der Waals surface area contributed by atoms with Gasteiger partial charge in [0.2, 0.25) is 0 Å². The zero-order valence-electron chi connectivity index (χ0n) is 25.7. The van der Waals surface area contributed by atoms with Crippen LogP contribution < -0.4 is 4.90 Å². The van der Waals surface area contributed by atoms with Crippen LogP contribution in [0.1, 0.15) is 25.0 Å². The zero-order chi connectivity index (χ0) is 30.8. The van der Waals surface area contributed by atoms with Crippen molar-refractivity contribution in [1.82, 2.24) is 0 Å². The van der Waals surface area contributed by atoms with E-state index >= 15 is 0 Å². The average Bonchev–Trinajstić information content (AvgIpc) is 3.34. The molecular weight excluding hydrogens is 595 g/mol. The van der Waals surface area contributed by atoms with Crippen LogP contribution in [0.4, 0.5) is 17.1 Å². The van der Waals surface area contributed by atoms with E-state index in [0.717, 1.165) is 11.4 Å². The first-order valence-corrected chi connectivity index (χ1v) is 17.4. The molecule has 0 N–H and O–H groups in total. The lowest BCUT2D eigenvalue weighted by molar-refractivity contribution is 0.642. The lowest BCUT2D eigenvalue weighted by Gasteiger charge is -2.28. The number of fused-ring (bicyclic) bond motifs is 7. The molecule has 0 spiro atoms. The van der Waals surface area contributed by atoms with Crippen molar-refractivity contribution in [2.45, 2.75) is 38.8 Å². The van der Waals surface area contributed by atoms with Gasteiger partial charge in [-0.25, -0.2) is 0 Å². The van der Waals surface area contributed by atoms with E-state index in [1.165, 1.54) is 69.4 Å². The molecule has 220 valence electrons. The van der Waals surface area contributed by atoms with Crippen molar-refractivity contribution in [3.63, 3.8) is 0 Å². The number of hydrogen-bond acceptors (Lipinski definition) is 3. The van der Waals surface area contributed by atoms with Crippen LogP contribution in [0.3, 0.4) is 0 Å². The number of para-hydroxylation sites is 1. The van der Waals surface area contributed by atoms with E-state index in [1.54, 1.807) is 0 Å². The molecule has 0 unspecified atom stereocenters. The van der Waals surface area contributed by atoms with Crippen LogP contribution in [-0.2, 0) is 5.41 Å². The van der Waals surface area contributed by atoms with Gasteiger partial charge in [0, 0.05) is 41.8 Å². The Morgan fingerprint density at radius 1 is 0.500 bits per heavy atom. The van der Waals surface area contributed by atoms with Gasteiger partial charge in [-0.05, 0) is 93.4 Å². The monoisotopic (exact) mass is 625 g/mol. The van der Waals surface area contributed by atoms with Crippen molar-refractivity contribution in [2.24, 2.45) is 0 Å². The summed E-state index contributed by atoms with van der Waals surface area (Å²) in [5.74, 6) is 0. The molecule has 2 aliphatic rings. The SMILES string of the molecule is CC1(C)c2cc(-c3ccc(N(c4ccccc4)c4cccc5ccccc45)cc3)ccc2-c2ccc3c(c21)Sc1ccccc1S3. The summed E-state index contributed by atoms with van der Waals surface area (Å²) in [7, 11) is 0. The Morgan fingerprint density at radius 2 is 1.15 bits per heavy atom. The molecule has 1 aliphatic heterocycles. The van der Waals surface area contributed by atoms with Gasteiger partial charge in [-0.3, -0.25) is 0 Å². The molecule has 0 saturated carbocycles. The highest BCUT2D eigenvalue weighted by molar-refractivity contribution is 8.05. The minimum Gasteiger partial charge on any atom is -0.310 e. The molecule has 1 heterocycles. The largest absolute Gasteiger partial charge is 0.310 e. The standard InChI is InChI=1S/C43H31NS2/c1-43(2)36-27-30(21-24-34(36)35-25-26-40-42(41(35)43)46-39-18-9-8-17-38(39)45-40)28-19-22-32(23-20-28)44(31-13-4-3-5-14-31)37-16-10-12-29-11-6-7-15-33(29)37/h3-27H,1-2H3. The normalized spacial score (nSPS) is 13.9. The predicted molar refractivity (Wildman–Crippen MR) is 196 cm³/mol. The smallest absolute Gasteiger partial charge is 0.0540 e. The second-order valence-corrected chi connectivity index (χ2v) is 14.7. The first-order valence-electron chi connectivity index (χ1n) is 15.8. The summed E-state index contributed by atoms with van der Waals surface area (Å²) in [5.41, 5.74) is 11.5. The van der Waals surface area contributed by atoms with E-state index in [1.807, 2.05) is 23.5 Å². The molecule has 1 aliphatic carbocycles. The second-order valence-electron chi connectivity index (χ2n) is 12.6. The topological polar surface area (TPSA) is 3.24 Å². The summed E-state index contributed by atoms with van der Waals surface area (Å²) in [4.78, 5) is 7.86. The van der Waals surface area contributed by atoms with Gasteiger partial charge in [0.05, 0.1) is 5.69 Å². The van der Waals surface area contributed by atoms with Crippen molar-refractivity contribution >= 4 is 51.4 Å². The van der Waals surface area contributed by atoms with E-state index in [0.29, 0.717) is 0 Å². The molecule has 0 radical (unpaired) electrons. The first kappa shape index (κ1) is 27.6. The summed E-state index contributed by atoms with van der Waals surface area (Å²) in [5, 5.41) is 2.47.